The van der Waals surface area contributed by atoms with Gasteiger partial charge < -0.3 is 14.3 Å². The van der Waals surface area contributed by atoms with Crippen molar-refractivity contribution in [1.82, 2.24) is 4.98 Å². The van der Waals surface area contributed by atoms with Crippen LogP contribution >= 0.6 is 11.6 Å². The zero-order chi connectivity index (χ0) is 13.1. The highest BCUT2D eigenvalue weighted by molar-refractivity contribution is 6.32. The molecule has 0 radical (unpaired) electrons. The second kappa shape index (κ2) is 5.37. The van der Waals surface area contributed by atoms with Crippen LogP contribution in [0.1, 0.15) is 23.2 Å². The van der Waals surface area contributed by atoms with Crippen LogP contribution in [0.2, 0.25) is 5.02 Å². The topological polar surface area (TPSA) is 72.6 Å². The zero-order valence-electron chi connectivity index (χ0n) is 9.77. The maximum atomic E-state index is 10.8. The van der Waals surface area contributed by atoms with E-state index >= 15 is 0 Å². The highest BCUT2D eigenvalue weighted by atomic mass is 35.5. The Morgan fingerprint density at radius 3 is 3.00 bits per heavy atom. The van der Waals surface area contributed by atoms with E-state index in [1.807, 2.05) is 6.92 Å². The second-order valence-electron chi connectivity index (χ2n) is 3.64. The summed E-state index contributed by atoms with van der Waals surface area (Å²) in [6, 6.07) is 3.28. The number of halogens is 1. The molecule has 0 aliphatic rings. The van der Waals surface area contributed by atoms with Gasteiger partial charge in [0, 0.05) is 17.2 Å². The van der Waals surface area contributed by atoms with Gasteiger partial charge in [-0.2, -0.15) is 0 Å². The molecule has 0 aliphatic carbocycles. The van der Waals surface area contributed by atoms with Crippen molar-refractivity contribution in [1.29, 1.82) is 0 Å². The molecule has 1 N–H and O–H groups in total. The average molecular weight is 270 g/mol. The fourth-order valence-corrected chi connectivity index (χ4v) is 1.92. The molecule has 1 heterocycles. The van der Waals surface area contributed by atoms with Crippen molar-refractivity contribution in [3.8, 4) is 0 Å². The molecule has 6 heteroatoms. The summed E-state index contributed by atoms with van der Waals surface area (Å²) in [7, 11) is 0. The van der Waals surface area contributed by atoms with Crippen LogP contribution in [0, 0.1) is 0 Å². The van der Waals surface area contributed by atoms with E-state index in [4.69, 9.17) is 25.9 Å². The molecule has 0 amide bonds. The fourth-order valence-electron chi connectivity index (χ4n) is 1.67. The Labute approximate surface area is 108 Å². The lowest BCUT2D eigenvalue weighted by molar-refractivity contribution is 0.0656. The summed E-state index contributed by atoms with van der Waals surface area (Å²) in [5.74, 6) is -1.52. The van der Waals surface area contributed by atoms with Crippen molar-refractivity contribution in [3.63, 3.8) is 0 Å². The molecule has 0 unspecified atom stereocenters. The van der Waals surface area contributed by atoms with E-state index < -0.39 is 5.97 Å². The Hall–Kier alpha value is -1.59. The Morgan fingerprint density at radius 2 is 2.33 bits per heavy atom. The minimum atomic E-state index is -1.20. The van der Waals surface area contributed by atoms with Gasteiger partial charge in [0.15, 0.2) is 5.58 Å². The molecule has 0 bridgehead atoms. The number of oxazole rings is 1. The molecular weight excluding hydrogens is 258 g/mol. The fraction of sp³-hybridized carbons (Fsp3) is 0.333. The Bertz CT molecular complexity index is 579. The number of ether oxygens (including phenoxy) is 1. The Balaban J connectivity index is 2.42. The van der Waals surface area contributed by atoms with Crippen LogP contribution in [0.3, 0.4) is 0 Å². The van der Waals surface area contributed by atoms with Gasteiger partial charge in [-0.05, 0) is 25.5 Å². The molecule has 0 spiro atoms. The lowest BCUT2D eigenvalue weighted by Crippen LogP contribution is -2.00. The van der Waals surface area contributed by atoms with E-state index in [0.29, 0.717) is 35.8 Å². The quantitative estimate of drug-likeness (QED) is 0.845. The molecule has 0 fully saturated rings. The summed E-state index contributed by atoms with van der Waals surface area (Å²) in [6.07, 6.45) is 0.565. The zero-order valence-corrected chi connectivity index (χ0v) is 10.5. The maximum Gasteiger partial charge on any atom is 0.392 e. The van der Waals surface area contributed by atoms with Gasteiger partial charge in [0.25, 0.3) is 0 Å². The summed E-state index contributed by atoms with van der Waals surface area (Å²) in [5.41, 5.74) is 1.65. The monoisotopic (exact) mass is 269 g/mol. The molecule has 2 rings (SSSR count). The van der Waals surface area contributed by atoms with Crippen molar-refractivity contribution < 1.29 is 19.1 Å². The predicted octanol–water partition coefficient (Wildman–Crippen LogP) is 2.76. The molecule has 0 atom stereocenters. The van der Waals surface area contributed by atoms with Crippen molar-refractivity contribution in [3.05, 3.63) is 28.6 Å². The van der Waals surface area contributed by atoms with Gasteiger partial charge in [0.05, 0.1) is 6.61 Å². The summed E-state index contributed by atoms with van der Waals surface area (Å²) in [6.45, 7) is 3.03. The molecule has 2 aromatic rings. The molecule has 0 aliphatic heterocycles. The number of benzene rings is 1. The average Bonchev–Trinajstić information content (AvgIpc) is 2.76. The first-order chi connectivity index (χ1) is 8.63. The summed E-state index contributed by atoms with van der Waals surface area (Å²) < 4.78 is 10.4. The summed E-state index contributed by atoms with van der Waals surface area (Å²) in [4.78, 5) is 14.8. The third kappa shape index (κ3) is 2.47. The third-order valence-corrected chi connectivity index (χ3v) is 2.85. The highest BCUT2D eigenvalue weighted by Crippen LogP contribution is 2.27. The molecule has 1 aromatic carbocycles. The first-order valence-electron chi connectivity index (χ1n) is 5.52. The van der Waals surface area contributed by atoms with Crippen LogP contribution in [0.15, 0.2) is 16.5 Å². The number of aromatic nitrogens is 1. The summed E-state index contributed by atoms with van der Waals surface area (Å²) in [5, 5.41) is 9.38. The predicted molar refractivity (Wildman–Crippen MR) is 66.2 cm³/mol. The van der Waals surface area contributed by atoms with E-state index in [1.54, 1.807) is 12.1 Å². The van der Waals surface area contributed by atoms with Crippen LogP contribution in [0.25, 0.3) is 11.1 Å². The number of carboxylic acid groups (broad SMARTS) is 1. The number of rotatable bonds is 5. The molecule has 1 aromatic heterocycles. The number of carbonyl (C=O) groups is 1. The molecule has 0 saturated heterocycles. The summed E-state index contributed by atoms with van der Waals surface area (Å²) >= 11 is 6.09. The minimum Gasteiger partial charge on any atom is -0.474 e. The minimum absolute atomic E-state index is 0.329. The normalized spacial score (nSPS) is 11.0. The highest BCUT2D eigenvalue weighted by Gasteiger charge is 2.16. The van der Waals surface area contributed by atoms with Gasteiger partial charge in [-0.25, -0.2) is 9.78 Å². The smallest absolute Gasteiger partial charge is 0.392 e. The third-order valence-electron chi connectivity index (χ3n) is 2.49. The maximum absolute atomic E-state index is 10.8. The van der Waals surface area contributed by atoms with Crippen LogP contribution in [-0.2, 0) is 11.2 Å². The molecule has 5 nitrogen and oxygen atoms in total. The van der Waals surface area contributed by atoms with Gasteiger partial charge >= 0.3 is 11.9 Å². The van der Waals surface area contributed by atoms with Gasteiger partial charge in [-0.3, -0.25) is 0 Å². The van der Waals surface area contributed by atoms with E-state index in [9.17, 15) is 4.79 Å². The van der Waals surface area contributed by atoms with Crippen molar-refractivity contribution in [2.75, 3.05) is 13.2 Å². The largest absolute Gasteiger partial charge is 0.474 e. The van der Waals surface area contributed by atoms with Crippen molar-refractivity contribution in [2.24, 2.45) is 0 Å². The Kier molecular flexibility index (Phi) is 3.84. The van der Waals surface area contributed by atoms with Crippen LogP contribution < -0.4 is 0 Å². The number of aromatic carboxylic acids is 1. The lowest BCUT2D eigenvalue weighted by atomic mass is 10.1. The number of hydrogen-bond acceptors (Lipinski definition) is 4. The van der Waals surface area contributed by atoms with Crippen LogP contribution in [-0.4, -0.2) is 29.3 Å². The van der Waals surface area contributed by atoms with Gasteiger partial charge in [-0.1, -0.05) is 11.6 Å². The van der Waals surface area contributed by atoms with Crippen LogP contribution in [0.4, 0.5) is 0 Å². The molecule has 18 heavy (non-hydrogen) atoms. The Morgan fingerprint density at radius 1 is 1.56 bits per heavy atom. The first kappa shape index (κ1) is 12.9. The van der Waals surface area contributed by atoms with E-state index in [0.717, 1.165) is 5.56 Å². The van der Waals surface area contributed by atoms with Crippen molar-refractivity contribution >= 4 is 28.7 Å². The number of hydrogen-bond donors (Lipinski definition) is 1. The van der Waals surface area contributed by atoms with Gasteiger partial charge in [0.1, 0.15) is 5.52 Å². The number of carboxylic acids is 1. The van der Waals surface area contributed by atoms with E-state index in [1.165, 1.54) is 0 Å². The molecular formula is C12H12ClNO4. The van der Waals surface area contributed by atoms with Gasteiger partial charge in [-0.15, -0.1) is 0 Å². The van der Waals surface area contributed by atoms with Crippen molar-refractivity contribution in [2.45, 2.75) is 13.3 Å². The lowest BCUT2D eigenvalue weighted by Gasteiger charge is -2.04. The van der Waals surface area contributed by atoms with Crippen LogP contribution in [0.5, 0.6) is 0 Å². The first-order valence-corrected chi connectivity index (χ1v) is 5.90. The van der Waals surface area contributed by atoms with E-state index in [-0.39, 0.29) is 5.89 Å². The number of nitrogens with zero attached hydrogens (tertiary/aromatic N) is 1. The molecule has 0 saturated carbocycles. The second-order valence-corrected chi connectivity index (χ2v) is 4.05. The molecule has 96 valence electrons. The van der Waals surface area contributed by atoms with Gasteiger partial charge in [0.2, 0.25) is 0 Å². The van der Waals surface area contributed by atoms with E-state index in [2.05, 4.69) is 4.98 Å². The number of fused-ring (bicyclic) bond motifs is 1. The SMILES string of the molecule is CCOCCc1c(Cl)ccc2oc(C(=O)O)nc12. The standard InChI is InChI=1S/C12H12ClNO4/c1-2-17-6-5-7-8(13)3-4-9-10(7)14-11(18-9)12(15)16/h3-4H,2,5-6H2,1H3,(H,15,16).